The Morgan fingerprint density at radius 1 is 1.20 bits per heavy atom. The first kappa shape index (κ1) is 17.2. The highest BCUT2D eigenvalue weighted by atomic mass is 79.9. The Balaban J connectivity index is 1.75. The molecule has 0 aliphatic rings. The smallest absolute Gasteiger partial charge is 0.341 e. The van der Waals surface area contributed by atoms with Gasteiger partial charge in [0.25, 0.3) is 5.89 Å². The van der Waals surface area contributed by atoms with Crippen LogP contribution < -0.4 is 5.73 Å². The first-order chi connectivity index (χ1) is 11.9. The van der Waals surface area contributed by atoms with Crippen LogP contribution in [0.25, 0.3) is 11.5 Å². The van der Waals surface area contributed by atoms with Gasteiger partial charge in [0.1, 0.15) is 0 Å². The van der Waals surface area contributed by atoms with Crippen molar-refractivity contribution in [1.29, 1.82) is 0 Å². The molecule has 2 aromatic carbocycles. The molecule has 0 aliphatic heterocycles. The zero-order valence-corrected chi connectivity index (χ0v) is 15.3. The number of carbonyl (C=O) groups is 1. The molecular weight excluding hydrogens is 386 g/mol. The van der Waals surface area contributed by atoms with Gasteiger partial charge in [-0.1, -0.05) is 33.6 Å². The van der Waals surface area contributed by atoms with Gasteiger partial charge in [0.15, 0.2) is 6.10 Å². The second-order valence-electron chi connectivity index (χ2n) is 5.59. The maximum atomic E-state index is 12.3. The van der Waals surface area contributed by atoms with Crippen LogP contribution in [0.5, 0.6) is 0 Å². The normalized spacial score (nSPS) is 12.0. The molecule has 0 radical (unpaired) electrons. The maximum Gasteiger partial charge on any atom is 0.341 e. The lowest BCUT2D eigenvalue weighted by Crippen LogP contribution is -2.11. The molecule has 3 aromatic rings. The van der Waals surface area contributed by atoms with Gasteiger partial charge in [0, 0.05) is 15.7 Å². The molecule has 0 amide bonds. The lowest BCUT2D eigenvalue weighted by atomic mass is 10.1. The minimum atomic E-state index is -0.697. The topological polar surface area (TPSA) is 91.2 Å². The average Bonchev–Trinajstić information content (AvgIpc) is 3.07. The summed E-state index contributed by atoms with van der Waals surface area (Å²) < 4.78 is 11.7. The first-order valence-corrected chi connectivity index (χ1v) is 8.40. The Kier molecular flexibility index (Phi) is 4.85. The summed E-state index contributed by atoms with van der Waals surface area (Å²) in [5, 5.41) is 7.98. The molecule has 0 saturated heterocycles. The number of rotatable bonds is 4. The second-order valence-corrected chi connectivity index (χ2v) is 6.51. The molecule has 1 unspecified atom stereocenters. The van der Waals surface area contributed by atoms with Crippen LogP contribution in [0.2, 0.25) is 0 Å². The molecule has 1 atom stereocenters. The Labute approximate surface area is 153 Å². The third kappa shape index (κ3) is 3.88. The van der Waals surface area contributed by atoms with Crippen LogP contribution in [-0.4, -0.2) is 16.2 Å². The van der Waals surface area contributed by atoms with Crippen molar-refractivity contribution in [2.75, 3.05) is 5.73 Å². The molecule has 0 bridgehead atoms. The minimum absolute atomic E-state index is 0.220. The van der Waals surface area contributed by atoms with Gasteiger partial charge in [0.2, 0.25) is 5.89 Å². The first-order valence-electron chi connectivity index (χ1n) is 7.60. The minimum Gasteiger partial charge on any atom is -0.449 e. The van der Waals surface area contributed by atoms with E-state index in [4.69, 9.17) is 14.9 Å². The van der Waals surface area contributed by atoms with Crippen molar-refractivity contribution in [1.82, 2.24) is 10.2 Å². The Morgan fingerprint density at radius 2 is 1.92 bits per heavy atom. The summed E-state index contributed by atoms with van der Waals surface area (Å²) in [6.07, 6.45) is -0.697. The third-order valence-electron chi connectivity index (χ3n) is 3.61. The molecule has 128 valence electrons. The molecule has 3 rings (SSSR count). The number of hydrogen-bond acceptors (Lipinski definition) is 6. The molecule has 25 heavy (non-hydrogen) atoms. The monoisotopic (exact) mass is 401 g/mol. The van der Waals surface area contributed by atoms with Crippen molar-refractivity contribution in [2.24, 2.45) is 0 Å². The molecule has 0 aliphatic carbocycles. The molecule has 0 spiro atoms. The van der Waals surface area contributed by atoms with Gasteiger partial charge in [-0.3, -0.25) is 0 Å². The van der Waals surface area contributed by atoms with Gasteiger partial charge >= 0.3 is 5.97 Å². The molecule has 2 N–H and O–H groups in total. The summed E-state index contributed by atoms with van der Waals surface area (Å²) in [6, 6.07) is 12.7. The zero-order chi connectivity index (χ0) is 18.0. The number of anilines is 1. The maximum absolute atomic E-state index is 12.3. The van der Waals surface area contributed by atoms with Crippen molar-refractivity contribution in [3.63, 3.8) is 0 Å². The average molecular weight is 402 g/mol. The van der Waals surface area contributed by atoms with E-state index in [1.807, 2.05) is 31.2 Å². The number of nitrogen functional groups attached to an aromatic ring is 1. The van der Waals surface area contributed by atoms with E-state index in [-0.39, 0.29) is 11.5 Å². The number of carbonyl (C=O) groups excluding carboxylic acids is 1. The quantitative estimate of drug-likeness (QED) is 0.517. The molecule has 1 heterocycles. The van der Waals surface area contributed by atoms with Gasteiger partial charge in [-0.05, 0) is 44.2 Å². The van der Waals surface area contributed by atoms with Gasteiger partial charge in [-0.2, -0.15) is 0 Å². The highest BCUT2D eigenvalue weighted by Crippen LogP contribution is 2.25. The highest BCUT2D eigenvalue weighted by Gasteiger charge is 2.21. The molecule has 7 heteroatoms. The van der Waals surface area contributed by atoms with Crippen LogP contribution in [0.4, 0.5) is 5.69 Å². The molecule has 6 nitrogen and oxygen atoms in total. The summed E-state index contributed by atoms with van der Waals surface area (Å²) in [6.45, 7) is 3.66. The Hall–Kier alpha value is -2.67. The van der Waals surface area contributed by atoms with E-state index < -0.39 is 12.1 Å². The Bertz CT molecular complexity index is 906. The van der Waals surface area contributed by atoms with Crippen molar-refractivity contribution in [3.05, 3.63) is 64.0 Å². The van der Waals surface area contributed by atoms with Gasteiger partial charge in [0.05, 0.1) is 5.56 Å². The third-order valence-corrected chi connectivity index (χ3v) is 4.10. The number of aryl methyl sites for hydroxylation is 1. The lowest BCUT2D eigenvalue weighted by Gasteiger charge is -2.11. The summed E-state index contributed by atoms with van der Waals surface area (Å²) >= 11 is 3.31. The fourth-order valence-electron chi connectivity index (χ4n) is 2.19. The molecular formula is C18H16BrN3O3. The number of esters is 1. The molecule has 0 fully saturated rings. The van der Waals surface area contributed by atoms with E-state index in [2.05, 4.69) is 26.1 Å². The van der Waals surface area contributed by atoms with E-state index >= 15 is 0 Å². The fourth-order valence-corrected chi connectivity index (χ4v) is 2.55. The van der Waals surface area contributed by atoms with Crippen molar-refractivity contribution in [2.45, 2.75) is 20.0 Å². The van der Waals surface area contributed by atoms with Gasteiger partial charge in [-0.15, -0.1) is 10.2 Å². The van der Waals surface area contributed by atoms with Crippen LogP contribution in [0, 0.1) is 6.92 Å². The van der Waals surface area contributed by atoms with Crippen molar-refractivity contribution in [3.8, 4) is 11.5 Å². The lowest BCUT2D eigenvalue weighted by molar-refractivity contribution is 0.0281. The summed E-state index contributed by atoms with van der Waals surface area (Å²) in [7, 11) is 0. The number of nitrogens with two attached hydrogens (primary N) is 1. The van der Waals surface area contributed by atoms with Crippen LogP contribution in [0.15, 0.2) is 51.4 Å². The van der Waals surface area contributed by atoms with E-state index in [0.717, 1.165) is 15.6 Å². The number of hydrogen-bond donors (Lipinski definition) is 1. The van der Waals surface area contributed by atoms with Gasteiger partial charge < -0.3 is 14.9 Å². The predicted molar refractivity (Wildman–Crippen MR) is 96.9 cm³/mol. The van der Waals surface area contributed by atoms with E-state index in [0.29, 0.717) is 11.6 Å². The van der Waals surface area contributed by atoms with E-state index in [9.17, 15) is 4.79 Å². The van der Waals surface area contributed by atoms with Crippen LogP contribution in [0.1, 0.15) is 34.8 Å². The Morgan fingerprint density at radius 3 is 2.64 bits per heavy atom. The van der Waals surface area contributed by atoms with Crippen molar-refractivity contribution >= 4 is 27.6 Å². The highest BCUT2D eigenvalue weighted by molar-refractivity contribution is 9.10. The predicted octanol–water partition coefficient (Wildman–Crippen LogP) is 4.31. The summed E-state index contributed by atoms with van der Waals surface area (Å²) in [4.78, 5) is 12.3. The number of nitrogens with zero attached hydrogens (tertiary/aromatic N) is 2. The van der Waals surface area contributed by atoms with Crippen LogP contribution in [-0.2, 0) is 4.74 Å². The van der Waals surface area contributed by atoms with Crippen LogP contribution >= 0.6 is 15.9 Å². The van der Waals surface area contributed by atoms with E-state index in [1.54, 1.807) is 25.1 Å². The van der Waals surface area contributed by atoms with E-state index in [1.165, 1.54) is 0 Å². The molecule has 0 saturated carbocycles. The SMILES string of the molecule is Cc1ccc(-c2nnc(C(C)OC(=O)c3cc(Br)ccc3N)o2)cc1. The zero-order valence-electron chi connectivity index (χ0n) is 13.7. The number of aromatic nitrogens is 2. The number of ether oxygens (including phenoxy) is 1. The van der Waals surface area contributed by atoms with Gasteiger partial charge in [-0.25, -0.2) is 4.79 Å². The number of benzene rings is 2. The largest absolute Gasteiger partial charge is 0.449 e. The fraction of sp³-hybridized carbons (Fsp3) is 0.167. The summed E-state index contributed by atoms with van der Waals surface area (Å²) in [5.74, 6) is 0.0405. The molecule has 1 aromatic heterocycles. The second kappa shape index (κ2) is 7.06. The van der Waals surface area contributed by atoms with Crippen LogP contribution in [0.3, 0.4) is 0 Å². The number of halogens is 1. The summed E-state index contributed by atoms with van der Waals surface area (Å²) in [5.41, 5.74) is 8.38. The van der Waals surface area contributed by atoms with Crippen molar-refractivity contribution < 1.29 is 13.9 Å². The standard InChI is InChI=1S/C18H16BrN3O3/c1-10-3-5-12(6-4-10)17-22-21-16(25-17)11(2)24-18(23)14-9-13(19)7-8-15(14)20/h3-9,11H,20H2,1-2H3.